The minimum atomic E-state index is -0.756. The molecular formula is C17H16ClN3O4. The van der Waals surface area contributed by atoms with Gasteiger partial charge >= 0.3 is 0 Å². The Bertz CT molecular complexity index is 806. The van der Waals surface area contributed by atoms with Gasteiger partial charge in [0.1, 0.15) is 5.75 Å². The SMILES string of the molecule is Cc1cc(Cl)ccc1OC(C)C(=O)N/N=C/c1ccc([N+](=O)[O-])cc1. The van der Waals surface area contributed by atoms with Crippen LogP contribution in [-0.4, -0.2) is 23.1 Å². The summed E-state index contributed by atoms with van der Waals surface area (Å²) in [7, 11) is 0. The summed E-state index contributed by atoms with van der Waals surface area (Å²) in [6.45, 7) is 3.43. The molecule has 1 atom stereocenters. The second kappa shape index (κ2) is 8.25. The lowest BCUT2D eigenvalue weighted by molar-refractivity contribution is -0.384. The van der Waals surface area contributed by atoms with Gasteiger partial charge in [0.2, 0.25) is 0 Å². The molecule has 7 nitrogen and oxygen atoms in total. The highest BCUT2D eigenvalue weighted by Crippen LogP contribution is 2.22. The summed E-state index contributed by atoms with van der Waals surface area (Å²) in [6.07, 6.45) is 0.635. The van der Waals surface area contributed by atoms with E-state index in [9.17, 15) is 14.9 Å². The summed E-state index contributed by atoms with van der Waals surface area (Å²) in [6, 6.07) is 10.9. The van der Waals surface area contributed by atoms with Crippen molar-refractivity contribution in [3.05, 3.63) is 68.7 Å². The fourth-order valence-electron chi connectivity index (χ4n) is 1.93. The van der Waals surface area contributed by atoms with Crippen LogP contribution in [0.5, 0.6) is 5.75 Å². The molecule has 1 amide bonds. The fraction of sp³-hybridized carbons (Fsp3) is 0.176. The number of hydrogen-bond donors (Lipinski definition) is 1. The molecule has 130 valence electrons. The van der Waals surface area contributed by atoms with Crippen molar-refractivity contribution in [2.24, 2.45) is 5.10 Å². The molecule has 0 saturated heterocycles. The molecule has 0 spiro atoms. The molecule has 1 unspecified atom stereocenters. The normalized spacial score (nSPS) is 12.0. The standard InChI is InChI=1S/C17H16ClN3O4/c1-11-9-14(18)5-8-16(11)25-12(2)17(22)20-19-10-13-3-6-15(7-4-13)21(23)24/h3-10,12H,1-2H3,(H,20,22)/b19-10+. The third kappa shape index (κ3) is 5.29. The topological polar surface area (TPSA) is 93.8 Å². The lowest BCUT2D eigenvalue weighted by Gasteiger charge is -2.14. The first-order chi connectivity index (χ1) is 11.9. The second-order valence-corrected chi connectivity index (χ2v) is 5.69. The number of amides is 1. The van der Waals surface area contributed by atoms with E-state index in [1.54, 1.807) is 25.1 Å². The van der Waals surface area contributed by atoms with E-state index < -0.39 is 16.9 Å². The monoisotopic (exact) mass is 361 g/mol. The summed E-state index contributed by atoms with van der Waals surface area (Å²) in [5, 5.41) is 15.0. The first-order valence-corrected chi connectivity index (χ1v) is 7.75. The number of halogens is 1. The van der Waals surface area contributed by atoms with E-state index in [1.807, 2.05) is 6.92 Å². The van der Waals surface area contributed by atoms with Gasteiger partial charge in [-0.2, -0.15) is 5.10 Å². The van der Waals surface area contributed by atoms with Gasteiger partial charge in [0.15, 0.2) is 6.10 Å². The quantitative estimate of drug-likeness (QED) is 0.484. The van der Waals surface area contributed by atoms with Crippen molar-refractivity contribution in [3.8, 4) is 5.75 Å². The van der Waals surface area contributed by atoms with E-state index in [-0.39, 0.29) is 5.69 Å². The zero-order valence-electron chi connectivity index (χ0n) is 13.6. The molecule has 0 aliphatic carbocycles. The van der Waals surface area contributed by atoms with E-state index >= 15 is 0 Å². The van der Waals surface area contributed by atoms with Gasteiger partial charge in [0.05, 0.1) is 11.1 Å². The van der Waals surface area contributed by atoms with E-state index in [0.29, 0.717) is 16.3 Å². The summed E-state index contributed by atoms with van der Waals surface area (Å²) < 4.78 is 5.59. The number of nitrogens with one attached hydrogen (secondary N) is 1. The van der Waals surface area contributed by atoms with Crippen molar-refractivity contribution < 1.29 is 14.5 Å². The summed E-state index contributed by atoms with van der Waals surface area (Å²) in [5.41, 5.74) is 3.79. The van der Waals surface area contributed by atoms with Crippen LogP contribution in [0.15, 0.2) is 47.6 Å². The Hall–Kier alpha value is -2.93. The number of benzene rings is 2. The number of non-ortho nitro benzene ring substituents is 1. The predicted octanol–water partition coefficient (Wildman–Crippen LogP) is 3.47. The maximum Gasteiger partial charge on any atom is 0.280 e. The Kier molecular flexibility index (Phi) is 6.08. The number of carbonyl (C=O) groups is 1. The van der Waals surface area contributed by atoms with E-state index in [0.717, 1.165) is 5.56 Å². The maximum atomic E-state index is 12.0. The number of nitrogens with zero attached hydrogens (tertiary/aromatic N) is 2. The van der Waals surface area contributed by atoms with Crippen LogP contribution in [0.1, 0.15) is 18.1 Å². The average molecular weight is 362 g/mol. The largest absolute Gasteiger partial charge is 0.481 e. The van der Waals surface area contributed by atoms with E-state index in [4.69, 9.17) is 16.3 Å². The van der Waals surface area contributed by atoms with Gasteiger partial charge in [0.25, 0.3) is 11.6 Å². The zero-order chi connectivity index (χ0) is 18.4. The van der Waals surface area contributed by atoms with Gasteiger partial charge in [-0.25, -0.2) is 5.43 Å². The minimum absolute atomic E-state index is 0.0125. The molecule has 0 saturated carbocycles. The van der Waals surface area contributed by atoms with Crippen LogP contribution >= 0.6 is 11.6 Å². The first-order valence-electron chi connectivity index (χ1n) is 7.37. The number of rotatable bonds is 6. The average Bonchev–Trinajstić information content (AvgIpc) is 2.57. The third-order valence-corrected chi connectivity index (χ3v) is 3.54. The van der Waals surface area contributed by atoms with Crippen LogP contribution in [0, 0.1) is 17.0 Å². The molecule has 8 heteroatoms. The number of nitro groups is 1. The lowest BCUT2D eigenvalue weighted by Crippen LogP contribution is -2.33. The van der Waals surface area contributed by atoms with Crippen LogP contribution in [0.2, 0.25) is 5.02 Å². The summed E-state index contributed by atoms with van der Waals surface area (Å²) >= 11 is 5.88. The molecule has 0 bridgehead atoms. The molecule has 0 heterocycles. The second-order valence-electron chi connectivity index (χ2n) is 5.25. The Labute approximate surface area is 149 Å². The third-order valence-electron chi connectivity index (χ3n) is 3.30. The number of hydrazone groups is 1. The van der Waals surface area contributed by atoms with Gasteiger partial charge in [-0.05, 0) is 55.3 Å². The molecule has 2 aromatic rings. The molecular weight excluding hydrogens is 346 g/mol. The summed E-state index contributed by atoms with van der Waals surface area (Å²) in [5.74, 6) is 0.138. The highest BCUT2D eigenvalue weighted by atomic mass is 35.5. The first kappa shape index (κ1) is 18.4. The summed E-state index contributed by atoms with van der Waals surface area (Å²) in [4.78, 5) is 22.1. The Morgan fingerprint density at radius 1 is 1.32 bits per heavy atom. The van der Waals surface area contributed by atoms with Crippen LogP contribution < -0.4 is 10.2 Å². The molecule has 2 aromatic carbocycles. The maximum absolute atomic E-state index is 12.0. The molecule has 2 rings (SSSR count). The van der Waals surface area contributed by atoms with Gasteiger partial charge in [0, 0.05) is 17.2 Å². The molecule has 0 radical (unpaired) electrons. The lowest BCUT2D eigenvalue weighted by atomic mass is 10.2. The number of aryl methyl sites for hydroxylation is 1. The van der Waals surface area contributed by atoms with Crippen LogP contribution in [0.3, 0.4) is 0 Å². The van der Waals surface area contributed by atoms with Crippen molar-refractivity contribution in [1.82, 2.24) is 5.43 Å². The number of carbonyl (C=O) groups excluding carboxylic acids is 1. The van der Waals surface area contributed by atoms with Crippen molar-refractivity contribution in [2.45, 2.75) is 20.0 Å². The number of hydrogen-bond acceptors (Lipinski definition) is 5. The molecule has 0 aliphatic rings. The Morgan fingerprint density at radius 2 is 2.00 bits per heavy atom. The van der Waals surface area contributed by atoms with Crippen molar-refractivity contribution >= 4 is 29.4 Å². The molecule has 0 aromatic heterocycles. The fourth-order valence-corrected chi connectivity index (χ4v) is 2.16. The highest BCUT2D eigenvalue weighted by Gasteiger charge is 2.15. The predicted molar refractivity (Wildman–Crippen MR) is 95.1 cm³/mol. The highest BCUT2D eigenvalue weighted by molar-refractivity contribution is 6.30. The zero-order valence-corrected chi connectivity index (χ0v) is 14.4. The molecule has 1 N–H and O–H groups in total. The molecule has 25 heavy (non-hydrogen) atoms. The molecule has 0 fully saturated rings. The van der Waals surface area contributed by atoms with E-state index in [2.05, 4.69) is 10.5 Å². The van der Waals surface area contributed by atoms with Gasteiger partial charge in [-0.3, -0.25) is 14.9 Å². The Morgan fingerprint density at radius 3 is 2.60 bits per heavy atom. The number of nitro benzene ring substituents is 1. The smallest absolute Gasteiger partial charge is 0.280 e. The molecule has 0 aliphatic heterocycles. The van der Waals surface area contributed by atoms with Crippen molar-refractivity contribution in [1.29, 1.82) is 0 Å². The van der Waals surface area contributed by atoms with Crippen molar-refractivity contribution in [3.63, 3.8) is 0 Å². The van der Waals surface area contributed by atoms with E-state index in [1.165, 1.54) is 30.5 Å². The minimum Gasteiger partial charge on any atom is -0.481 e. The van der Waals surface area contributed by atoms with Crippen LogP contribution in [0.4, 0.5) is 5.69 Å². The van der Waals surface area contributed by atoms with Gasteiger partial charge in [-0.15, -0.1) is 0 Å². The van der Waals surface area contributed by atoms with Crippen LogP contribution in [0.25, 0.3) is 0 Å². The van der Waals surface area contributed by atoms with Crippen molar-refractivity contribution in [2.75, 3.05) is 0 Å². The number of ether oxygens (including phenoxy) is 1. The van der Waals surface area contributed by atoms with Gasteiger partial charge in [-0.1, -0.05) is 11.6 Å². The Balaban J connectivity index is 1.91. The van der Waals surface area contributed by atoms with Gasteiger partial charge < -0.3 is 4.74 Å². The van der Waals surface area contributed by atoms with Crippen LogP contribution in [-0.2, 0) is 4.79 Å².